The Morgan fingerprint density at radius 3 is 2.67 bits per heavy atom. The Morgan fingerprint density at radius 1 is 1.19 bits per heavy atom. The number of nitrogens with zero attached hydrogens (tertiary/aromatic N) is 4. The minimum absolute atomic E-state index is 0.0302. The summed E-state index contributed by atoms with van der Waals surface area (Å²) in [6.07, 6.45) is 1.86. The smallest absolute Gasteiger partial charge is 0.266 e. The molecule has 1 aromatic carbocycles. The predicted octanol–water partition coefficient (Wildman–Crippen LogP) is 3.10. The summed E-state index contributed by atoms with van der Waals surface area (Å²) in [6, 6.07) is 9.92. The number of likely N-dealkylation sites (tertiary alicyclic amines) is 1. The minimum atomic E-state index is -0.464. The Hall–Kier alpha value is -2.64. The van der Waals surface area contributed by atoms with Crippen LogP contribution in [0.2, 0.25) is 0 Å². The molecule has 1 amide bonds. The number of hydrogen-bond donors (Lipinski definition) is 0. The molecule has 6 nitrogen and oxygen atoms in total. The number of rotatable bonds is 2. The third-order valence-corrected chi connectivity index (χ3v) is 6.21. The molecule has 1 spiro atoms. The molecule has 1 saturated heterocycles. The van der Waals surface area contributed by atoms with Gasteiger partial charge in [0.2, 0.25) is 0 Å². The second kappa shape index (κ2) is 5.94. The summed E-state index contributed by atoms with van der Waals surface area (Å²) in [4.78, 5) is 28.9. The van der Waals surface area contributed by atoms with Crippen LogP contribution in [0.3, 0.4) is 0 Å². The first kappa shape index (κ1) is 16.5. The third kappa shape index (κ3) is 2.57. The molecule has 0 bridgehead atoms. The van der Waals surface area contributed by atoms with E-state index in [1.807, 2.05) is 55.3 Å². The van der Waals surface area contributed by atoms with Crippen LogP contribution in [-0.2, 0) is 16.9 Å². The molecule has 0 aliphatic carbocycles. The standard InChI is InChI=1S/C20H18N4O2S/c1-12-17(27-13(2)22-12)19(25)24-10-20(11-24)15-8-21-18(23-16(15)9-26-20)14-6-4-3-5-7-14/h3-8H,9-11H2,1-2H3. The van der Waals surface area contributed by atoms with Gasteiger partial charge in [-0.1, -0.05) is 30.3 Å². The first-order chi connectivity index (χ1) is 13.1. The number of thiazole rings is 1. The van der Waals surface area contributed by atoms with Gasteiger partial charge in [-0.05, 0) is 13.8 Å². The van der Waals surface area contributed by atoms with Gasteiger partial charge in [0.1, 0.15) is 10.5 Å². The number of hydrogen-bond acceptors (Lipinski definition) is 6. The number of aromatic nitrogens is 3. The van der Waals surface area contributed by atoms with Crippen molar-refractivity contribution in [2.75, 3.05) is 13.1 Å². The van der Waals surface area contributed by atoms with Crippen LogP contribution in [-0.4, -0.2) is 38.8 Å². The van der Waals surface area contributed by atoms with E-state index in [0.717, 1.165) is 32.4 Å². The third-order valence-electron chi connectivity index (χ3n) is 5.15. The Kier molecular flexibility index (Phi) is 3.63. The van der Waals surface area contributed by atoms with E-state index in [2.05, 4.69) is 9.97 Å². The Morgan fingerprint density at radius 2 is 1.96 bits per heavy atom. The van der Waals surface area contributed by atoms with E-state index >= 15 is 0 Å². The van der Waals surface area contributed by atoms with E-state index in [4.69, 9.17) is 9.72 Å². The highest BCUT2D eigenvalue weighted by molar-refractivity contribution is 7.13. The number of aryl methyl sites for hydroxylation is 2. The van der Waals surface area contributed by atoms with Crippen LogP contribution in [0.1, 0.15) is 31.6 Å². The van der Waals surface area contributed by atoms with Gasteiger partial charge in [-0.2, -0.15) is 0 Å². The average Bonchev–Trinajstić information content (AvgIpc) is 3.20. The van der Waals surface area contributed by atoms with Crippen LogP contribution in [0.5, 0.6) is 0 Å². The molecule has 2 aliphatic heterocycles. The maximum atomic E-state index is 12.8. The zero-order valence-electron chi connectivity index (χ0n) is 15.1. The summed E-state index contributed by atoms with van der Waals surface area (Å²) in [5.41, 5.74) is 3.24. The van der Waals surface area contributed by atoms with Crippen molar-refractivity contribution in [1.29, 1.82) is 0 Å². The monoisotopic (exact) mass is 378 g/mol. The summed E-state index contributed by atoms with van der Waals surface area (Å²) < 4.78 is 6.08. The second-order valence-electron chi connectivity index (χ2n) is 7.01. The molecule has 2 aliphatic rings. The van der Waals surface area contributed by atoms with Gasteiger partial charge in [-0.15, -0.1) is 11.3 Å². The van der Waals surface area contributed by atoms with Crippen molar-refractivity contribution in [1.82, 2.24) is 19.9 Å². The predicted molar refractivity (Wildman–Crippen MR) is 101 cm³/mol. The van der Waals surface area contributed by atoms with Gasteiger partial charge in [0.15, 0.2) is 5.82 Å². The van der Waals surface area contributed by atoms with Crippen molar-refractivity contribution >= 4 is 17.2 Å². The highest BCUT2D eigenvalue weighted by Gasteiger charge is 2.53. The van der Waals surface area contributed by atoms with Crippen molar-refractivity contribution in [2.24, 2.45) is 0 Å². The van der Waals surface area contributed by atoms with Crippen LogP contribution in [0.15, 0.2) is 36.5 Å². The summed E-state index contributed by atoms with van der Waals surface area (Å²) in [6.45, 7) is 5.32. The van der Waals surface area contributed by atoms with Gasteiger partial charge in [-0.25, -0.2) is 15.0 Å². The van der Waals surface area contributed by atoms with Crippen molar-refractivity contribution in [2.45, 2.75) is 26.1 Å². The normalized spacial score (nSPS) is 17.0. The zero-order valence-corrected chi connectivity index (χ0v) is 15.9. The van der Waals surface area contributed by atoms with E-state index in [0.29, 0.717) is 25.5 Å². The lowest BCUT2D eigenvalue weighted by Crippen LogP contribution is -2.61. The first-order valence-electron chi connectivity index (χ1n) is 8.85. The number of amides is 1. The molecule has 0 saturated carbocycles. The molecular formula is C20H18N4O2S. The Labute approximate surface area is 160 Å². The van der Waals surface area contributed by atoms with Gasteiger partial charge in [0, 0.05) is 17.3 Å². The topological polar surface area (TPSA) is 68.2 Å². The van der Waals surface area contributed by atoms with Crippen LogP contribution >= 0.6 is 11.3 Å². The molecule has 4 heterocycles. The highest BCUT2D eigenvalue weighted by atomic mass is 32.1. The second-order valence-corrected chi connectivity index (χ2v) is 8.21. The summed E-state index contributed by atoms with van der Waals surface area (Å²) in [5, 5.41) is 0.912. The number of fused-ring (bicyclic) bond motifs is 2. The number of carbonyl (C=O) groups is 1. The lowest BCUT2D eigenvalue weighted by atomic mass is 9.87. The first-order valence-corrected chi connectivity index (χ1v) is 9.66. The van der Waals surface area contributed by atoms with Crippen molar-refractivity contribution in [3.8, 4) is 11.4 Å². The fraction of sp³-hybridized carbons (Fsp3) is 0.300. The molecule has 5 rings (SSSR count). The molecule has 3 aromatic rings. The van der Waals surface area contributed by atoms with Gasteiger partial charge in [0.05, 0.1) is 36.1 Å². The van der Waals surface area contributed by atoms with Crippen LogP contribution < -0.4 is 0 Å². The molecule has 7 heteroatoms. The van der Waals surface area contributed by atoms with E-state index < -0.39 is 5.60 Å². The van der Waals surface area contributed by atoms with Crippen molar-refractivity contribution in [3.05, 3.63) is 63.4 Å². The van der Waals surface area contributed by atoms with E-state index in [-0.39, 0.29) is 5.91 Å². The Bertz CT molecular complexity index is 1040. The van der Waals surface area contributed by atoms with E-state index in [9.17, 15) is 4.79 Å². The fourth-order valence-electron chi connectivity index (χ4n) is 3.77. The maximum absolute atomic E-state index is 12.8. The van der Waals surface area contributed by atoms with E-state index in [1.54, 1.807) is 0 Å². The van der Waals surface area contributed by atoms with Gasteiger partial charge in [-0.3, -0.25) is 4.79 Å². The lowest BCUT2D eigenvalue weighted by molar-refractivity contribution is -0.126. The van der Waals surface area contributed by atoms with Crippen molar-refractivity contribution < 1.29 is 9.53 Å². The van der Waals surface area contributed by atoms with Crippen LogP contribution in [0.4, 0.5) is 0 Å². The number of ether oxygens (including phenoxy) is 1. The molecule has 0 unspecified atom stereocenters. The van der Waals surface area contributed by atoms with Gasteiger partial charge < -0.3 is 9.64 Å². The van der Waals surface area contributed by atoms with E-state index in [1.165, 1.54) is 11.3 Å². The summed E-state index contributed by atoms with van der Waals surface area (Å²) in [7, 11) is 0. The molecule has 0 atom stereocenters. The largest absolute Gasteiger partial charge is 0.360 e. The molecule has 0 N–H and O–H groups in total. The summed E-state index contributed by atoms with van der Waals surface area (Å²) >= 11 is 1.45. The lowest BCUT2D eigenvalue weighted by Gasteiger charge is -2.47. The molecule has 136 valence electrons. The van der Waals surface area contributed by atoms with Crippen molar-refractivity contribution in [3.63, 3.8) is 0 Å². The Balaban J connectivity index is 1.38. The minimum Gasteiger partial charge on any atom is -0.360 e. The quantitative estimate of drug-likeness (QED) is 0.685. The SMILES string of the molecule is Cc1nc(C)c(C(=O)N2CC3(C2)OCc2nc(-c4ccccc4)ncc23)s1. The average molecular weight is 378 g/mol. The van der Waals surface area contributed by atoms with Crippen LogP contribution in [0, 0.1) is 13.8 Å². The van der Waals surface area contributed by atoms with Gasteiger partial charge in [0.25, 0.3) is 5.91 Å². The molecule has 0 radical (unpaired) electrons. The highest BCUT2D eigenvalue weighted by Crippen LogP contribution is 2.43. The van der Waals surface area contributed by atoms with Gasteiger partial charge >= 0.3 is 0 Å². The summed E-state index contributed by atoms with van der Waals surface area (Å²) in [5.74, 6) is 0.737. The number of benzene rings is 1. The molecule has 2 aromatic heterocycles. The zero-order chi connectivity index (χ0) is 18.6. The van der Waals surface area contributed by atoms with Crippen LogP contribution in [0.25, 0.3) is 11.4 Å². The molecule has 27 heavy (non-hydrogen) atoms. The fourth-order valence-corrected chi connectivity index (χ4v) is 4.65. The molecular weight excluding hydrogens is 360 g/mol. The maximum Gasteiger partial charge on any atom is 0.266 e. The molecule has 1 fully saturated rings. The number of carbonyl (C=O) groups excluding carboxylic acids is 1.